The van der Waals surface area contributed by atoms with Gasteiger partial charge in [-0.05, 0) is 52.9 Å². The quantitative estimate of drug-likeness (QED) is 0.672. The number of ether oxygens (including phenoxy) is 1. The highest BCUT2D eigenvalue weighted by Gasteiger charge is 2.06. The second kappa shape index (κ2) is 4.69. The topological polar surface area (TPSA) is 35.2 Å². The van der Waals surface area contributed by atoms with Crippen LogP contribution in [0.1, 0.15) is 0 Å². The van der Waals surface area contributed by atoms with Gasteiger partial charge in [0.15, 0.2) is 11.6 Å². The Labute approximate surface area is 106 Å². The van der Waals surface area contributed by atoms with Crippen molar-refractivity contribution in [2.75, 3.05) is 5.73 Å². The van der Waals surface area contributed by atoms with Crippen LogP contribution in [0.15, 0.2) is 42.5 Å². The number of halogens is 2. The van der Waals surface area contributed by atoms with Gasteiger partial charge in [-0.3, -0.25) is 0 Å². The van der Waals surface area contributed by atoms with Gasteiger partial charge in [0, 0.05) is 5.69 Å². The highest BCUT2D eigenvalue weighted by Crippen LogP contribution is 2.29. The maximum absolute atomic E-state index is 13.3. The zero-order chi connectivity index (χ0) is 11.5. The Kier molecular flexibility index (Phi) is 3.28. The van der Waals surface area contributed by atoms with Crippen LogP contribution in [0.25, 0.3) is 0 Å². The molecule has 0 aliphatic rings. The lowest BCUT2D eigenvalue weighted by atomic mass is 10.3. The Balaban J connectivity index is 2.31. The number of para-hydroxylation sites is 1. The lowest BCUT2D eigenvalue weighted by Gasteiger charge is -2.08. The van der Waals surface area contributed by atoms with Crippen molar-refractivity contribution in [3.05, 3.63) is 51.9 Å². The van der Waals surface area contributed by atoms with E-state index in [4.69, 9.17) is 10.5 Å². The van der Waals surface area contributed by atoms with E-state index in [-0.39, 0.29) is 11.6 Å². The van der Waals surface area contributed by atoms with Crippen LogP contribution in [-0.4, -0.2) is 0 Å². The summed E-state index contributed by atoms with van der Waals surface area (Å²) in [6.07, 6.45) is 0. The lowest BCUT2D eigenvalue weighted by molar-refractivity contribution is 0.440. The number of benzene rings is 2. The fraction of sp³-hybridized carbons (Fsp3) is 0. The largest absolute Gasteiger partial charge is 0.453 e. The van der Waals surface area contributed by atoms with Crippen molar-refractivity contribution in [1.82, 2.24) is 0 Å². The highest BCUT2D eigenvalue weighted by atomic mass is 127. The zero-order valence-electron chi connectivity index (χ0n) is 8.28. The molecule has 0 unspecified atom stereocenters. The first-order chi connectivity index (χ1) is 7.66. The van der Waals surface area contributed by atoms with E-state index in [0.29, 0.717) is 11.4 Å². The first kappa shape index (κ1) is 11.2. The molecule has 0 saturated heterocycles. The Hall–Kier alpha value is -1.30. The van der Waals surface area contributed by atoms with Gasteiger partial charge in [0.1, 0.15) is 5.75 Å². The summed E-state index contributed by atoms with van der Waals surface area (Å²) < 4.78 is 19.6. The molecule has 0 aliphatic heterocycles. The van der Waals surface area contributed by atoms with Crippen LogP contribution in [-0.2, 0) is 0 Å². The molecule has 0 atom stereocenters. The molecule has 0 saturated carbocycles. The van der Waals surface area contributed by atoms with Crippen LogP contribution in [0.2, 0.25) is 0 Å². The van der Waals surface area contributed by atoms with Gasteiger partial charge in [0.25, 0.3) is 0 Å². The number of nitrogen functional groups attached to an aromatic ring is 1. The van der Waals surface area contributed by atoms with E-state index in [9.17, 15) is 4.39 Å². The normalized spacial score (nSPS) is 10.1. The standard InChI is InChI=1S/C12H9FINO/c13-9-3-1-2-4-11(9)16-12-6-5-8(15)7-10(12)14/h1-7H,15H2. The van der Waals surface area contributed by atoms with Crippen LogP contribution < -0.4 is 10.5 Å². The van der Waals surface area contributed by atoms with Crippen molar-refractivity contribution < 1.29 is 9.13 Å². The van der Waals surface area contributed by atoms with Gasteiger partial charge in [-0.15, -0.1) is 0 Å². The predicted octanol–water partition coefficient (Wildman–Crippen LogP) is 3.80. The zero-order valence-corrected chi connectivity index (χ0v) is 10.4. The van der Waals surface area contributed by atoms with Crippen molar-refractivity contribution in [2.45, 2.75) is 0 Å². The molecule has 82 valence electrons. The maximum Gasteiger partial charge on any atom is 0.165 e. The maximum atomic E-state index is 13.3. The Morgan fingerprint density at radius 2 is 1.81 bits per heavy atom. The Morgan fingerprint density at radius 3 is 2.50 bits per heavy atom. The van der Waals surface area contributed by atoms with Gasteiger partial charge in [0.2, 0.25) is 0 Å². The second-order valence-electron chi connectivity index (χ2n) is 3.22. The third-order valence-corrected chi connectivity index (χ3v) is 2.86. The molecule has 16 heavy (non-hydrogen) atoms. The number of hydrogen-bond acceptors (Lipinski definition) is 2. The molecule has 2 nitrogen and oxygen atoms in total. The van der Waals surface area contributed by atoms with Crippen molar-refractivity contribution in [3.63, 3.8) is 0 Å². The number of nitrogens with two attached hydrogens (primary N) is 1. The molecule has 2 aromatic rings. The summed E-state index contributed by atoms with van der Waals surface area (Å²) in [6, 6.07) is 11.5. The van der Waals surface area contributed by atoms with Gasteiger partial charge in [-0.1, -0.05) is 12.1 Å². The molecule has 0 aliphatic carbocycles. The SMILES string of the molecule is Nc1ccc(Oc2ccccc2F)c(I)c1. The molecule has 2 N–H and O–H groups in total. The molecule has 2 aromatic carbocycles. The molecule has 2 rings (SSSR count). The lowest BCUT2D eigenvalue weighted by Crippen LogP contribution is -1.92. The van der Waals surface area contributed by atoms with Gasteiger partial charge >= 0.3 is 0 Å². The van der Waals surface area contributed by atoms with Crippen molar-refractivity contribution >= 4 is 28.3 Å². The summed E-state index contributed by atoms with van der Waals surface area (Å²) in [5.41, 5.74) is 6.27. The summed E-state index contributed by atoms with van der Waals surface area (Å²) in [5.74, 6) is 0.431. The first-order valence-electron chi connectivity index (χ1n) is 4.64. The van der Waals surface area contributed by atoms with E-state index in [1.54, 1.807) is 36.4 Å². The van der Waals surface area contributed by atoms with Crippen LogP contribution in [0, 0.1) is 9.39 Å². The van der Waals surface area contributed by atoms with Crippen molar-refractivity contribution in [3.8, 4) is 11.5 Å². The summed E-state index contributed by atoms with van der Waals surface area (Å²) in [4.78, 5) is 0. The van der Waals surface area contributed by atoms with Crippen molar-refractivity contribution in [2.24, 2.45) is 0 Å². The monoisotopic (exact) mass is 329 g/mol. The summed E-state index contributed by atoms with van der Waals surface area (Å²) in [6.45, 7) is 0. The van der Waals surface area contributed by atoms with E-state index in [0.717, 1.165) is 3.57 Å². The van der Waals surface area contributed by atoms with Crippen LogP contribution >= 0.6 is 22.6 Å². The number of hydrogen-bond donors (Lipinski definition) is 1. The fourth-order valence-corrected chi connectivity index (χ4v) is 1.90. The average molecular weight is 329 g/mol. The second-order valence-corrected chi connectivity index (χ2v) is 4.38. The van der Waals surface area contributed by atoms with Crippen LogP contribution in [0.5, 0.6) is 11.5 Å². The third-order valence-electron chi connectivity index (χ3n) is 2.01. The first-order valence-corrected chi connectivity index (χ1v) is 5.72. The molecule has 0 heterocycles. The third kappa shape index (κ3) is 2.44. The molecular weight excluding hydrogens is 320 g/mol. The minimum atomic E-state index is -0.380. The molecule has 0 spiro atoms. The van der Waals surface area contributed by atoms with Crippen LogP contribution in [0.4, 0.5) is 10.1 Å². The molecule has 0 fully saturated rings. The average Bonchev–Trinajstić information content (AvgIpc) is 2.25. The summed E-state index contributed by atoms with van der Waals surface area (Å²) in [7, 11) is 0. The van der Waals surface area contributed by atoms with Gasteiger partial charge in [0.05, 0.1) is 3.57 Å². The van der Waals surface area contributed by atoms with Gasteiger partial charge < -0.3 is 10.5 Å². The van der Waals surface area contributed by atoms with E-state index >= 15 is 0 Å². The van der Waals surface area contributed by atoms with E-state index in [2.05, 4.69) is 22.6 Å². The fourth-order valence-electron chi connectivity index (χ4n) is 1.25. The molecule has 0 radical (unpaired) electrons. The van der Waals surface area contributed by atoms with E-state index in [1.807, 2.05) is 0 Å². The molecule has 0 amide bonds. The smallest absolute Gasteiger partial charge is 0.165 e. The molecule has 4 heteroatoms. The predicted molar refractivity (Wildman–Crippen MR) is 70.0 cm³/mol. The van der Waals surface area contributed by atoms with Crippen LogP contribution in [0.3, 0.4) is 0 Å². The van der Waals surface area contributed by atoms with Gasteiger partial charge in [-0.25, -0.2) is 4.39 Å². The minimum absolute atomic E-state index is 0.213. The minimum Gasteiger partial charge on any atom is -0.453 e. The summed E-state index contributed by atoms with van der Waals surface area (Å²) in [5, 5.41) is 0. The van der Waals surface area contributed by atoms with Gasteiger partial charge in [-0.2, -0.15) is 0 Å². The van der Waals surface area contributed by atoms with Crippen molar-refractivity contribution in [1.29, 1.82) is 0 Å². The molecule has 0 bridgehead atoms. The number of rotatable bonds is 2. The highest BCUT2D eigenvalue weighted by molar-refractivity contribution is 14.1. The molecule has 0 aromatic heterocycles. The Bertz CT molecular complexity index is 516. The van der Waals surface area contributed by atoms with E-state index < -0.39 is 0 Å². The summed E-state index contributed by atoms with van der Waals surface area (Å²) >= 11 is 2.10. The molecular formula is C12H9FINO. The van der Waals surface area contributed by atoms with E-state index in [1.165, 1.54) is 6.07 Å². The Morgan fingerprint density at radius 1 is 1.06 bits per heavy atom. The number of anilines is 1.